The molecule has 0 radical (unpaired) electrons. The lowest BCUT2D eigenvalue weighted by Gasteiger charge is -2.02. The quantitative estimate of drug-likeness (QED) is 0.106. The summed E-state index contributed by atoms with van der Waals surface area (Å²) in [4.78, 5) is 9.00. The van der Waals surface area contributed by atoms with Gasteiger partial charge in [0.15, 0.2) is 0 Å². The van der Waals surface area contributed by atoms with Crippen molar-refractivity contribution in [3.8, 4) is 0 Å². The third-order valence-electron chi connectivity index (χ3n) is 5.96. The third-order valence-corrected chi connectivity index (χ3v) is 5.96. The summed E-state index contributed by atoms with van der Waals surface area (Å²) in [5.41, 5.74) is 0. The van der Waals surface area contributed by atoms with Crippen LogP contribution in [-0.2, 0) is 4.79 Å². The molecular weight excluding hydrogens is 444 g/mol. The van der Waals surface area contributed by atoms with Crippen molar-refractivity contribution in [1.82, 2.24) is 0 Å². The van der Waals surface area contributed by atoms with E-state index in [0.29, 0.717) is 6.61 Å². The standard InChI is InChI=1S/C19H38.C12H24O.C2H4O2/c1-4-5-6-7-8-9-10-11-12-13-14-15-16-17-18-19(2)3;1-2-3-4-5-6-7-8-9-10-11-12-13;1-2(3)4/h13-14,19H,4-12,15-18H2,1-3H3;5-6,13H,2-4,7-12H2,1H3;1H3,(H,3,4). The monoisotopic (exact) mass is 511 g/mol. The minimum Gasteiger partial charge on any atom is -0.481 e. The van der Waals surface area contributed by atoms with Crippen LogP contribution in [0.25, 0.3) is 0 Å². The van der Waals surface area contributed by atoms with E-state index in [4.69, 9.17) is 15.0 Å². The van der Waals surface area contributed by atoms with E-state index in [1.54, 1.807) is 0 Å². The smallest absolute Gasteiger partial charge is 0.300 e. The fraction of sp³-hybridized carbons (Fsp3) is 0.848. The zero-order chi connectivity index (χ0) is 27.5. The first-order chi connectivity index (χ1) is 17.4. The molecule has 36 heavy (non-hydrogen) atoms. The summed E-state index contributed by atoms with van der Waals surface area (Å²) < 4.78 is 0. The third kappa shape index (κ3) is 54.0. The van der Waals surface area contributed by atoms with E-state index < -0.39 is 5.97 Å². The molecule has 0 bridgehead atoms. The van der Waals surface area contributed by atoms with Gasteiger partial charge in [0.05, 0.1) is 0 Å². The number of allylic oxidation sites excluding steroid dienone is 4. The number of hydrogen-bond acceptors (Lipinski definition) is 2. The molecule has 0 rings (SSSR count). The number of carboxylic acids is 1. The Labute approximate surface area is 227 Å². The van der Waals surface area contributed by atoms with Gasteiger partial charge >= 0.3 is 0 Å². The van der Waals surface area contributed by atoms with Gasteiger partial charge in [0.1, 0.15) is 0 Å². The highest BCUT2D eigenvalue weighted by Crippen LogP contribution is 2.11. The summed E-state index contributed by atoms with van der Waals surface area (Å²) >= 11 is 0. The summed E-state index contributed by atoms with van der Waals surface area (Å²) in [5, 5.41) is 16.0. The molecule has 216 valence electrons. The van der Waals surface area contributed by atoms with Crippen molar-refractivity contribution in [2.45, 2.75) is 169 Å². The molecule has 0 aliphatic heterocycles. The maximum Gasteiger partial charge on any atom is 0.300 e. The van der Waals surface area contributed by atoms with Gasteiger partial charge < -0.3 is 10.2 Å². The first-order valence-electron chi connectivity index (χ1n) is 15.5. The summed E-state index contributed by atoms with van der Waals surface area (Å²) in [7, 11) is 0. The van der Waals surface area contributed by atoms with Crippen LogP contribution in [0.2, 0.25) is 0 Å². The Kier molecular flexibility index (Phi) is 42.1. The Bertz CT molecular complexity index is 436. The van der Waals surface area contributed by atoms with E-state index in [2.05, 4.69) is 52.0 Å². The van der Waals surface area contributed by atoms with Crippen molar-refractivity contribution < 1.29 is 15.0 Å². The maximum atomic E-state index is 9.00. The van der Waals surface area contributed by atoms with Gasteiger partial charge in [-0.1, -0.05) is 135 Å². The molecule has 0 heterocycles. The number of rotatable bonds is 23. The van der Waals surface area contributed by atoms with Gasteiger partial charge in [0.25, 0.3) is 5.97 Å². The van der Waals surface area contributed by atoms with Crippen molar-refractivity contribution in [3.63, 3.8) is 0 Å². The molecule has 0 unspecified atom stereocenters. The van der Waals surface area contributed by atoms with E-state index in [1.165, 1.54) is 128 Å². The lowest BCUT2D eigenvalue weighted by molar-refractivity contribution is -0.134. The highest BCUT2D eigenvalue weighted by atomic mass is 16.4. The Morgan fingerprint density at radius 3 is 1.31 bits per heavy atom. The predicted molar refractivity (Wildman–Crippen MR) is 162 cm³/mol. The van der Waals surface area contributed by atoms with Crippen LogP contribution in [0.15, 0.2) is 24.3 Å². The Balaban J connectivity index is -0.000000553. The molecule has 0 saturated heterocycles. The minimum atomic E-state index is -0.833. The summed E-state index contributed by atoms with van der Waals surface area (Å²) in [6.45, 7) is 10.6. The number of aliphatic hydroxyl groups excluding tert-OH is 1. The number of carboxylic acid groups (broad SMARTS) is 1. The number of carbonyl (C=O) groups is 1. The van der Waals surface area contributed by atoms with E-state index >= 15 is 0 Å². The summed E-state index contributed by atoms with van der Waals surface area (Å²) in [5.74, 6) is 0.0429. The fourth-order valence-electron chi connectivity index (χ4n) is 3.73. The molecule has 2 N–H and O–H groups in total. The normalized spacial score (nSPS) is 11.0. The molecule has 3 nitrogen and oxygen atoms in total. The number of hydrogen-bond donors (Lipinski definition) is 2. The van der Waals surface area contributed by atoms with Crippen molar-refractivity contribution in [3.05, 3.63) is 24.3 Å². The second-order valence-corrected chi connectivity index (χ2v) is 10.5. The summed E-state index contributed by atoms with van der Waals surface area (Å²) in [6.07, 6.45) is 37.4. The Morgan fingerprint density at radius 2 is 0.917 bits per heavy atom. The fourth-order valence-corrected chi connectivity index (χ4v) is 3.73. The van der Waals surface area contributed by atoms with Crippen LogP contribution in [0, 0.1) is 5.92 Å². The van der Waals surface area contributed by atoms with Crippen LogP contribution in [0.3, 0.4) is 0 Å². The van der Waals surface area contributed by atoms with Gasteiger partial charge in [0, 0.05) is 13.5 Å². The van der Waals surface area contributed by atoms with Gasteiger partial charge in [0.2, 0.25) is 0 Å². The number of aliphatic carboxylic acids is 1. The lowest BCUT2D eigenvalue weighted by Crippen LogP contribution is -1.85. The Morgan fingerprint density at radius 1 is 0.583 bits per heavy atom. The summed E-state index contributed by atoms with van der Waals surface area (Å²) in [6, 6.07) is 0. The molecule has 0 fully saturated rings. The van der Waals surface area contributed by atoms with Crippen LogP contribution in [-0.4, -0.2) is 22.8 Å². The van der Waals surface area contributed by atoms with Gasteiger partial charge in [-0.2, -0.15) is 0 Å². The molecule has 0 aromatic carbocycles. The van der Waals surface area contributed by atoms with E-state index in [1.807, 2.05) is 0 Å². The zero-order valence-corrected chi connectivity index (χ0v) is 25.2. The van der Waals surface area contributed by atoms with Crippen LogP contribution < -0.4 is 0 Å². The van der Waals surface area contributed by atoms with Crippen molar-refractivity contribution in [1.29, 1.82) is 0 Å². The molecule has 3 heteroatoms. The van der Waals surface area contributed by atoms with Crippen molar-refractivity contribution >= 4 is 5.97 Å². The maximum absolute atomic E-state index is 9.00. The van der Waals surface area contributed by atoms with E-state index in [0.717, 1.165) is 19.3 Å². The van der Waals surface area contributed by atoms with Gasteiger partial charge in [-0.15, -0.1) is 0 Å². The van der Waals surface area contributed by atoms with Gasteiger partial charge in [-0.25, -0.2) is 0 Å². The van der Waals surface area contributed by atoms with E-state index in [-0.39, 0.29) is 0 Å². The first-order valence-corrected chi connectivity index (χ1v) is 15.5. The molecule has 0 amide bonds. The van der Waals surface area contributed by atoms with Gasteiger partial charge in [-0.05, 0) is 57.3 Å². The van der Waals surface area contributed by atoms with Crippen LogP contribution in [0.4, 0.5) is 0 Å². The van der Waals surface area contributed by atoms with Crippen LogP contribution in [0.5, 0.6) is 0 Å². The highest BCUT2D eigenvalue weighted by molar-refractivity contribution is 5.62. The molecule has 0 aliphatic carbocycles. The lowest BCUT2D eigenvalue weighted by atomic mass is 10.0. The average Bonchev–Trinajstić information content (AvgIpc) is 2.83. The molecular formula is C33H66O3. The minimum absolute atomic E-state index is 0.354. The Hall–Kier alpha value is -1.09. The van der Waals surface area contributed by atoms with Crippen LogP contribution >= 0.6 is 0 Å². The number of aliphatic hydroxyl groups is 1. The number of unbranched alkanes of at least 4 members (excludes halogenated alkanes) is 16. The largest absolute Gasteiger partial charge is 0.481 e. The predicted octanol–water partition coefficient (Wildman–Crippen LogP) is 11.1. The molecule has 0 aromatic rings. The first kappa shape index (κ1) is 39.4. The molecule has 0 spiro atoms. The topological polar surface area (TPSA) is 57.5 Å². The van der Waals surface area contributed by atoms with E-state index in [9.17, 15) is 0 Å². The van der Waals surface area contributed by atoms with Crippen molar-refractivity contribution in [2.24, 2.45) is 5.92 Å². The second kappa shape index (κ2) is 38.4. The molecule has 0 aliphatic rings. The highest BCUT2D eigenvalue weighted by Gasteiger charge is 1.93. The molecule has 0 aromatic heterocycles. The SMILES string of the molecule is CC(=O)O.CCCCC=CCCCCCCO.CCCCCCCCCCC=CCCCCC(C)C. The van der Waals surface area contributed by atoms with Gasteiger partial charge in [-0.3, -0.25) is 4.79 Å². The molecule has 0 atom stereocenters. The second-order valence-electron chi connectivity index (χ2n) is 10.5. The molecule has 0 saturated carbocycles. The van der Waals surface area contributed by atoms with Crippen molar-refractivity contribution in [2.75, 3.05) is 6.61 Å². The zero-order valence-electron chi connectivity index (χ0n) is 25.2. The van der Waals surface area contributed by atoms with Crippen LogP contribution in [0.1, 0.15) is 169 Å². The average molecular weight is 511 g/mol.